The van der Waals surface area contributed by atoms with Crippen molar-refractivity contribution in [2.45, 2.75) is 70.5 Å². The third kappa shape index (κ3) is 6.73. The Balaban J connectivity index is 0.725. The lowest BCUT2D eigenvalue weighted by atomic mass is 9.76. The lowest BCUT2D eigenvalue weighted by Gasteiger charge is -2.47. The van der Waals surface area contributed by atoms with Crippen molar-refractivity contribution in [1.29, 1.82) is 0 Å². The predicted molar refractivity (Wildman–Crippen MR) is 220 cm³/mol. The zero-order valence-electron chi connectivity index (χ0n) is 32.2. The largest absolute Gasteiger partial charge is 0.371 e. The van der Waals surface area contributed by atoms with Crippen LogP contribution in [0.25, 0.3) is 4.85 Å². The molecule has 1 unspecified atom stereocenters. The molecule has 11 heteroatoms. The number of nitrogens with zero attached hydrogens (tertiary/aromatic N) is 6. The number of benzene rings is 3. The van der Waals surface area contributed by atoms with Crippen LogP contribution in [0.4, 0.5) is 22.7 Å². The van der Waals surface area contributed by atoms with Crippen molar-refractivity contribution in [2.75, 3.05) is 60.5 Å². The first-order valence-corrected chi connectivity index (χ1v) is 20.7. The summed E-state index contributed by atoms with van der Waals surface area (Å²) in [6, 6.07) is 20.4. The van der Waals surface area contributed by atoms with Gasteiger partial charge in [-0.05, 0) is 130 Å². The van der Waals surface area contributed by atoms with E-state index in [1.54, 1.807) is 6.07 Å². The minimum atomic E-state index is -0.790. The maximum atomic E-state index is 13.4. The van der Waals surface area contributed by atoms with Crippen LogP contribution in [0.5, 0.6) is 0 Å². The van der Waals surface area contributed by atoms with Crippen LogP contribution in [-0.2, 0) is 11.3 Å². The van der Waals surface area contributed by atoms with E-state index in [2.05, 4.69) is 73.6 Å². The first-order chi connectivity index (χ1) is 27.1. The van der Waals surface area contributed by atoms with E-state index in [0.717, 1.165) is 68.6 Å². The molecule has 3 aromatic carbocycles. The van der Waals surface area contributed by atoms with Gasteiger partial charge < -0.3 is 20.0 Å². The van der Waals surface area contributed by atoms with Gasteiger partial charge in [0.2, 0.25) is 11.6 Å². The lowest BCUT2D eigenvalue weighted by Crippen LogP contribution is -2.52. The number of anilines is 3. The van der Waals surface area contributed by atoms with Crippen LogP contribution >= 0.6 is 11.6 Å². The molecule has 0 aliphatic carbocycles. The van der Waals surface area contributed by atoms with E-state index in [-0.39, 0.29) is 17.7 Å². The maximum Gasteiger partial charge on any atom is 0.262 e. The molecular formula is C45H50ClN7O3. The van der Waals surface area contributed by atoms with Gasteiger partial charge in [0.1, 0.15) is 6.04 Å². The monoisotopic (exact) mass is 771 g/mol. The smallest absolute Gasteiger partial charge is 0.262 e. The Morgan fingerprint density at radius 2 is 1.54 bits per heavy atom. The number of hydrogen-bond acceptors (Lipinski definition) is 7. The molecule has 9 rings (SSSR count). The van der Waals surface area contributed by atoms with Gasteiger partial charge in [0, 0.05) is 73.1 Å². The number of carbonyl (C=O) groups is 3. The zero-order chi connectivity index (χ0) is 38.7. The average Bonchev–Trinajstić information content (AvgIpc) is 3.63. The number of likely N-dealkylation sites (tertiary alicyclic amines) is 1. The summed E-state index contributed by atoms with van der Waals surface area (Å²) in [6.07, 6.45) is 6.91. The van der Waals surface area contributed by atoms with Gasteiger partial charge in [-0.15, -0.1) is 0 Å². The van der Waals surface area contributed by atoms with Crippen molar-refractivity contribution in [2.24, 2.45) is 17.3 Å². The van der Waals surface area contributed by atoms with Gasteiger partial charge >= 0.3 is 0 Å². The van der Waals surface area contributed by atoms with Crippen molar-refractivity contribution >= 4 is 52.1 Å². The van der Waals surface area contributed by atoms with Gasteiger partial charge in [-0.3, -0.25) is 24.2 Å². The molecule has 2 atom stereocenters. The Morgan fingerprint density at radius 3 is 2.23 bits per heavy atom. The second kappa shape index (κ2) is 14.6. The molecule has 5 saturated heterocycles. The molecule has 0 radical (unpaired) electrons. The normalized spacial score (nSPS) is 24.4. The predicted octanol–water partition coefficient (Wildman–Crippen LogP) is 7.51. The second-order valence-electron chi connectivity index (χ2n) is 17.2. The van der Waals surface area contributed by atoms with Crippen LogP contribution in [0.2, 0.25) is 5.02 Å². The number of nitrogens with one attached hydrogen (secondary N) is 1. The highest BCUT2D eigenvalue weighted by Crippen LogP contribution is 2.46. The summed E-state index contributed by atoms with van der Waals surface area (Å²) >= 11 is 6.40. The number of rotatable bonds is 7. The van der Waals surface area contributed by atoms with Crippen molar-refractivity contribution in [3.63, 3.8) is 0 Å². The molecule has 56 heavy (non-hydrogen) atoms. The second-order valence-corrected chi connectivity index (χ2v) is 17.6. The minimum absolute atomic E-state index is 0.323. The Kier molecular flexibility index (Phi) is 9.57. The summed E-state index contributed by atoms with van der Waals surface area (Å²) in [6.45, 7) is 21.8. The molecule has 0 saturated carbocycles. The summed E-state index contributed by atoms with van der Waals surface area (Å²) in [5.74, 6) is 0.225. The van der Waals surface area contributed by atoms with E-state index in [4.69, 9.17) is 18.2 Å². The average molecular weight is 772 g/mol. The topological polar surface area (TPSA) is 83.8 Å². The molecule has 6 heterocycles. The third-order valence-electron chi connectivity index (χ3n) is 13.8. The summed E-state index contributed by atoms with van der Waals surface area (Å²) in [5.41, 5.74) is 7.04. The van der Waals surface area contributed by atoms with Gasteiger partial charge in [0.05, 0.1) is 17.7 Å². The molecule has 0 aromatic heterocycles. The highest BCUT2D eigenvalue weighted by molar-refractivity contribution is 6.33. The standard InChI is InChI=1S/C45H50ClN7O3/c1-29-4-13-41(42(54)48-29)53-43(55)37-11-9-35(22-38(37)44(53)56)51-26-33(27-51)32-14-18-49(19-15-32)25-31-5-7-34(8-6-31)50-20-16-45(17-21-50)24-30(2)52(28-45)36-10-12-40(47-3)39(46)23-36/h5-12,22-23,30,32-33,41H,1,4,13-21,24-28H2,2H3,(H,48,54)/t30-,41?/m0/s1. The molecule has 290 valence electrons. The van der Waals surface area contributed by atoms with E-state index in [1.807, 2.05) is 24.3 Å². The van der Waals surface area contributed by atoms with Gasteiger partial charge in [-0.25, -0.2) is 4.85 Å². The number of amides is 3. The summed E-state index contributed by atoms with van der Waals surface area (Å²) in [7, 11) is 0. The van der Waals surface area contributed by atoms with Gasteiger partial charge in [0.15, 0.2) is 0 Å². The van der Waals surface area contributed by atoms with Crippen LogP contribution in [0, 0.1) is 23.8 Å². The number of imide groups is 1. The molecule has 6 aliphatic rings. The van der Waals surface area contributed by atoms with E-state index in [9.17, 15) is 14.4 Å². The van der Waals surface area contributed by atoms with Gasteiger partial charge in [0.25, 0.3) is 11.8 Å². The fourth-order valence-electron chi connectivity index (χ4n) is 10.4. The highest BCUT2D eigenvalue weighted by Gasteiger charge is 2.46. The van der Waals surface area contributed by atoms with E-state index in [1.165, 1.54) is 43.4 Å². The minimum Gasteiger partial charge on any atom is -0.371 e. The maximum absolute atomic E-state index is 13.4. The first kappa shape index (κ1) is 36.8. The van der Waals surface area contributed by atoms with E-state index >= 15 is 0 Å². The Labute approximate surface area is 334 Å². The number of fused-ring (bicyclic) bond motifs is 1. The molecule has 1 spiro atoms. The third-order valence-corrected chi connectivity index (χ3v) is 14.1. The van der Waals surface area contributed by atoms with Crippen molar-refractivity contribution in [3.8, 4) is 0 Å². The molecule has 3 amide bonds. The number of piperidine rings is 3. The fraction of sp³-hybridized carbons (Fsp3) is 0.467. The molecule has 10 nitrogen and oxygen atoms in total. The summed E-state index contributed by atoms with van der Waals surface area (Å²) in [4.78, 5) is 53.7. The Bertz CT molecular complexity index is 2110. The SMILES string of the molecule is [C-]#[N+]c1ccc(N2CC3(CCN(c4ccc(CN5CCC(C6CN(c7ccc8c(c7)C(=O)N(C7CCC(=C)NC7=O)C8=O)C6)CC5)cc4)CC3)C[C@@H]2C)cc1Cl. The zero-order valence-corrected chi connectivity index (χ0v) is 32.9. The van der Waals surface area contributed by atoms with Crippen LogP contribution in [0.15, 0.2) is 72.9 Å². The summed E-state index contributed by atoms with van der Waals surface area (Å²) in [5, 5.41) is 3.24. The summed E-state index contributed by atoms with van der Waals surface area (Å²) < 4.78 is 0. The highest BCUT2D eigenvalue weighted by atomic mass is 35.5. The quantitative estimate of drug-likeness (QED) is 0.197. The molecule has 1 N–H and O–H groups in total. The number of hydrogen-bond donors (Lipinski definition) is 1. The number of allylic oxidation sites excluding steroid dienone is 1. The lowest BCUT2D eigenvalue weighted by molar-refractivity contribution is -0.125. The number of halogens is 1. The van der Waals surface area contributed by atoms with Gasteiger partial charge in [-0.2, -0.15) is 0 Å². The molecule has 0 bridgehead atoms. The molecule has 6 aliphatic heterocycles. The van der Waals surface area contributed by atoms with Crippen molar-refractivity contribution in [3.05, 3.63) is 106 Å². The van der Waals surface area contributed by atoms with E-state index < -0.39 is 6.04 Å². The molecule has 5 fully saturated rings. The van der Waals surface area contributed by atoms with Crippen LogP contribution in [0.3, 0.4) is 0 Å². The Morgan fingerprint density at radius 1 is 0.839 bits per heavy atom. The Hall–Kier alpha value is -4.85. The molecular weight excluding hydrogens is 722 g/mol. The fourth-order valence-corrected chi connectivity index (χ4v) is 10.7. The van der Waals surface area contributed by atoms with Crippen LogP contribution in [-0.4, -0.2) is 85.4 Å². The van der Waals surface area contributed by atoms with E-state index in [0.29, 0.717) is 63.7 Å². The van der Waals surface area contributed by atoms with Crippen LogP contribution < -0.4 is 20.0 Å². The first-order valence-electron chi connectivity index (χ1n) is 20.3. The molecule has 3 aromatic rings. The van der Waals surface area contributed by atoms with Crippen molar-refractivity contribution < 1.29 is 14.4 Å². The van der Waals surface area contributed by atoms with Crippen molar-refractivity contribution in [1.82, 2.24) is 15.1 Å². The number of carbonyl (C=O) groups excluding carboxylic acids is 3. The van der Waals surface area contributed by atoms with Crippen LogP contribution in [0.1, 0.15) is 78.1 Å². The van der Waals surface area contributed by atoms with Gasteiger partial charge in [-0.1, -0.05) is 36.4 Å².